The van der Waals surface area contributed by atoms with Gasteiger partial charge in [-0.15, -0.1) is 0 Å². The van der Waals surface area contributed by atoms with Crippen molar-refractivity contribution < 1.29 is 9.84 Å². The molecule has 4 atom stereocenters. The Balaban J connectivity index is 1.93. The summed E-state index contributed by atoms with van der Waals surface area (Å²) >= 11 is 0. The number of aliphatic hydroxyl groups is 1. The molecule has 1 N–H and O–H groups in total. The van der Waals surface area contributed by atoms with Gasteiger partial charge in [0.1, 0.15) is 0 Å². The molecule has 0 aromatic rings. The summed E-state index contributed by atoms with van der Waals surface area (Å²) in [6, 6.07) is 0. The number of hydrogen-bond donors (Lipinski definition) is 1. The summed E-state index contributed by atoms with van der Waals surface area (Å²) in [5.41, 5.74) is 0.565. The molecule has 110 valence electrons. The average Bonchev–Trinajstić information content (AvgIpc) is 2.58. The molecule has 3 aliphatic rings. The molecular formula is C17H30O2. The van der Waals surface area contributed by atoms with Crippen LogP contribution in [0.1, 0.15) is 72.1 Å². The summed E-state index contributed by atoms with van der Waals surface area (Å²) < 4.78 is 6.80. The quantitative estimate of drug-likeness (QED) is 0.839. The minimum atomic E-state index is 0.0621. The van der Waals surface area contributed by atoms with E-state index in [1.807, 2.05) is 0 Å². The summed E-state index contributed by atoms with van der Waals surface area (Å²) in [6.07, 6.45) is 10.0. The van der Waals surface area contributed by atoms with Gasteiger partial charge in [-0.2, -0.15) is 0 Å². The molecule has 2 saturated carbocycles. The van der Waals surface area contributed by atoms with Crippen molar-refractivity contribution in [3.05, 3.63) is 0 Å². The zero-order valence-corrected chi connectivity index (χ0v) is 12.9. The number of fused-ring (bicyclic) bond motifs is 1. The van der Waals surface area contributed by atoms with Crippen molar-refractivity contribution >= 4 is 0 Å². The van der Waals surface area contributed by atoms with Gasteiger partial charge in [0.2, 0.25) is 0 Å². The van der Waals surface area contributed by atoms with Gasteiger partial charge in [0.05, 0.1) is 11.2 Å². The Morgan fingerprint density at radius 1 is 1.16 bits per heavy atom. The number of ether oxygens (including phenoxy) is 1. The second-order valence-corrected chi connectivity index (χ2v) is 8.05. The molecule has 0 aromatic carbocycles. The third kappa shape index (κ3) is 1.90. The minimum absolute atomic E-state index is 0.0621. The summed E-state index contributed by atoms with van der Waals surface area (Å²) in [5, 5.41) is 9.19. The maximum Gasteiger partial charge on any atom is 0.0774 e. The molecule has 3 rings (SSSR count). The van der Waals surface area contributed by atoms with E-state index in [9.17, 15) is 5.11 Å². The van der Waals surface area contributed by atoms with Crippen molar-refractivity contribution in [3.63, 3.8) is 0 Å². The van der Waals surface area contributed by atoms with Crippen LogP contribution in [0.2, 0.25) is 0 Å². The summed E-state index contributed by atoms with van der Waals surface area (Å²) in [6.45, 7) is 7.41. The van der Waals surface area contributed by atoms with Crippen molar-refractivity contribution in [2.75, 3.05) is 6.61 Å². The van der Waals surface area contributed by atoms with Crippen LogP contribution < -0.4 is 0 Å². The molecule has 0 amide bonds. The van der Waals surface area contributed by atoms with Gasteiger partial charge in [0, 0.05) is 6.61 Å². The van der Waals surface area contributed by atoms with Crippen molar-refractivity contribution in [1.29, 1.82) is 0 Å². The normalized spacial score (nSPS) is 48.0. The standard InChI is InChI=1S/C17H30O2/c1-15(2)14-8-10-16(3)9-4-6-13(7-5-11-18)17(16,12-14)19-15/h13-14,18H,4-12H2,1-3H3/t13-,14+,16-,17-/m0/s1. The van der Waals surface area contributed by atoms with E-state index in [4.69, 9.17) is 4.74 Å². The Morgan fingerprint density at radius 3 is 2.68 bits per heavy atom. The molecule has 1 saturated heterocycles. The average molecular weight is 266 g/mol. The smallest absolute Gasteiger partial charge is 0.0774 e. The Hall–Kier alpha value is -0.0800. The molecule has 2 aliphatic carbocycles. The summed E-state index contributed by atoms with van der Waals surface area (Å²) in [5.74, 6) is 1.42. The molecule has 2 heteroatoms. The van der Waals surface area contributed by atoms with Gasteiger partial charge < -0.3 is 9.84 Å². The first-order valence-corrected chi connectivity index (χ1v) is 8.25. The van der Waals surface area contributed by atoms with E-state index < -0.39 is 0 Å². The Labute approximate surface area is 117 Å². The number of aliphatic hydroxyl groups excluding tert-OH is 1. The minimum Gasteiger partial charge on any atom is -0.396 e. The largest absolute Gasteiger partial charge is 0.396 e. The van der Waals surface area contributed by atoms with E-state index in [2.05, 4.69) is 20.8 Å². The maximum absolute atomic E-state index is 9.19. The Bertz CT molecular complexity index is 351. The molecule has 0 unspecified atom stereocenters. The highest BCUT2D eigenvalue weighted by Crippen LogP contribution is 2.66. The van der Waals surface area contributed by atoms with E-state index in [0.717, 1.165) is 18.8 Å². The SMILES string of the molecule is CC1(C)O[C@]23C[C@H]1CC[C@]2(C)CCC[C@H]3CCCO. The van der Waals surface area contributed by atoms with Crippen LogP contribution in [0.4, 0.5) is 0 Å². The van der Waals surface area contributed by atoms with Crippen molar-refractivity contribution in [2.45, 2.75) is 83.3 Å². The Morgan fingerprint density at radius 2 is 1.95 bits per heavy atom. The van der Waals surface area contributed by atoms with Gasteiger partial charge in [-0.05, 0) is 76.0 Å². The van der Waals surface area contributed by atoms with Crippen LogP contribution in [-0.2, 0) is 4.74 Å². The Kier molecular flexibility index (Phi) is 3.26. The van der Waals surface area contributed by atoms with Crippen molar-refractivity contribution in [1.82, 2.24) is 0 Å². The van der Waals surface area contributed by atoms with Crippen LogP contribution in [0.15, 0.2) is 0 Å². The van der Waals surface area contributed by atoms with Gasteiger partial charge in [0.25, 0.3) is 0 Å². The van der Waals surface area contributed by atoms with Crippen LogP contribution in [0.3, 0.4) is 0 Å². The second-order valence-electron chi connectivity index (χ2n) is 8.05. The zero-order chi connectivity index (χ0) is 13.7. The van der Waals surface area contributed by atoms with Crippen LogP contribution in [-0.4, -0.2) is 22.9 Å². The number of rotatable bonds is 3. The van der Waals surface area contributed by atoms with E-state index in [-0.39, 0.29) is 11.2 Å². The lowest BCUT2D eigenvalue weighted by atomic mass is 9.52. The fourth-order valence-electron chi connectivity index (χ4n) is 5.50. The van der Waals surface area contributed by atoms with Gasteiger partial charge in [-0.3, -0.25) is 0 Å². The highest BCUT2D eigenvalue weighted by molar-refractivity contribution is 5.15. The van der Waals surface area contributed by atoms with Gasteiger partial charge in [-0.1, -0.05) is 13.3 Å². The molecule has 0 radical (unpaired) electrons. The molecule has 1 aliphatic heterocycles. The molecule has 19 heavy (non-hydrogen) atoms. The highest BCUT2D eigenvalue weighted by Gasteiger charge is 2.65. The van der Waals surface area contributed by atoms with E-state index in [0.29, 0.717) is 17.9 Å². The first-order valence-electron chi connectivity index (χ1n) is 8.25. The van der Waals surface area contributed by atoms with Crippen molar-refractivity contribution in [3.8, 4) is 0 Å². The van der Waals surface area contributed by atoms with Crippen LogP contribution >= 0.6 is 0 Å². The molecule has 0 aromatic heterocycles. The molecule has 1 heterocycles. The lowest BCUT2D eigenvalue weighted by Crippen LogP contribution is -2.56. The van der Waals surface area contributed by atoms with E-state index in [1.54, 1.807) is 0 Å². The van der Waals surface area contributed by atoms with E-state index in [1.165, 1.54) is 38.5 Å². The monoisotopic (exact) mass is 266 g/mol. The predicted octanol–water partition coefficient (Wildman–Crippen LogP) is 3.91. The number of hydrogen-bond acceptors (Lipinski definition) is 2. The zero-order valence-electron chi connectivity index (χ0n) is 12.9. The van der Waals surface area contributed by atoms with E-state index >= 15 is 0 Å². The predicted molar refractivity (Wildman–Crippen MR) is 77.0 cm³/mol. The molecule has 1 spiro atoms. The topological polar surface area (TPSA) is 29.5 Å². The first-order chi connectivity index (χ1) is 8.94. The molecular weight excluding hydrogens is 236 g/mol. The highest BCUT2D eigenvalue weighted by atomic mass is 16.5. The summed E-state index contributed by atoms with van der Waals surface area (Å²) in [7, 11) is 0. The van der Waals surface area contributed by atoms with Crippen LogP contribution in [0, 0.1) is 17.3 Å². The third-order valence-corrected chi connectivity index (χ3v) is 6.70. The fourth-order valence-corrected chi connectivity index (χ4v) is 5.50. The van der Waals surface area contributed by atoms with Gasteiger partial charge >= 0.3 is 0 Å². The van der Waals surface area contributed by atoms with Crippen molar-refractivity contribution in [2.24, 2.45) is 17.3 Å². The molecule has 2 bridgehead atoms. The van der Waals surface area contributed by atoms with Gasteiger partial charge in [0.15, 0.2) is 0 Å². The van der Waals surface area contributed by atoms with Crippen LogP contribution in [0.25, 0.3) is 0 Å². The lowest BCUT2D eigenvalue weighted by molar-refractivity contribution is -0.198. The third-order valence-electron chi connectivity index (χ3n) is 6.70. The molecule has 2 nitrogen and oxygen atoms in total. The lowest BCUT2D eigenvalue weighted by Gasteiger charge is -2.56. The second kappa shape index (κ2) is 4.46. The first kappa shape index (κ1) is 13.9. The summed E-state index contributed by atoms with van der Waals surface area (Å²) in [4.78, 5) is 0. The fraction of sp³-hybridized carbons (Fsp3) is 1.00. The molecule has 3 fully saturated rings. The van der Waals surface area contributed by atoms with Gasteiger partial charge in [-0.25, -0.2) is 0 Å². The van der Waals surface area contributed by atoms with Crippen LogP contribution in [0.5, 0.6) is 0 Å². The maximum atomic E-state index is 9.19.